The molecular formula is C48H50BrClN28O10. The quantitative estimate of drug-likeness (QED) is 0.0199. The highest BCUT2D eigenvalue weighted by molar-refractivity contribution is 9.09. The molecule has 0 aliphatic rings. The number of hydrazine groups is 3. The van der Waals surface area contributed by atoms with Gasteiger partial charge in [-0.1, -0.05) is 27.5 Å². The molecule has 0 saturated heterocycles. The van der Waals surface area contributed by atoms with Crippen LogP contribution in [0.1, 0.15) is 31.5 Å². The molecule has 0 aliphatic heterocycles. The first-order valence-electron chi connectivity index (χ1n) is 25.4. The average molecular weight is 1290 g/mol. The van der Waals surface area contributed by atoms with Gasteiger partial charge in [-0.3, -0.25) is 47.4 Å². The average Bonchev–Trinajstić information content (AvgIpc) is 1.84. The number of carbonyl (C=O) groups is 3. The predicted octanol–water partition coefficient (Wildman–Crippen LogP) is 1.09. The molecule has 0 bridgehead atoms. The second-order valence-electron chi connectivity index (χ2n) is 17.2. The Hall–Kier alpha value is -11.2. The van der Waals surface area contributed by atoms with E-state index in [0.717, 1.165) is 10.7 Å². The highest BCUT2D eigenvalue weighted by Gasteiger charge is 2.20. The molecule has 0 aliphatic carbocycles. The molecule has 0 saturated carbocycles. The third-order valence-corrected chi connectivity index (χ3v) is 12.1. The SMILES string of the molecule is NNCCO.Nc1nc(Cl)c(C=O)c(NNC(=O)c2ccco2)n1.Nc1nc(NNC(=O)c2ccco2)c2cnn(CCO)c2n1.Nc1nc2c(cnn2CCBr)c2nc(-c3ccco3)nn12.Nc1nc2c(cnn2CCO)c2nc(-c3ccco3)nn12. The van der Waals surface area contributed by atoms with Crippen molar-refractivity contribution < 1.29 is 47.4 Å². The second-order valence-corrected chi connectivity index (χ2v) is 18.3. The van der Waals surface area contributed by atoms with Gasteiger partial charge in [-0.05, 0) is 48.5 Å². The molecule has 40 heteroatoms. The van der Waals surface area contributed by atoms with Crippen LogP contribution < -0.4 is 55.9 Å². The first-order valence-corrected chi connectivity index (χ1v) is 26.9. The van der Waals surface area contributed by atoms with E-state index in [1.54, 1.807) is 70.7 Å². The van der Waals surface area contributed by atoms with E-state index in [4.69, 9.17) is 73.4 Å². The van der Waals surface area contributed by atoms with Gasteiger partial charge in [0.05, 0.1) is 105 Å². The number of alkyl halides is 1. The number of rotatable bonds is 17. The Labute approximate surface area is 504 Å². The molecule has 0 atom stereocenters. The van der Waals surface area contributed by atoms with Crippen LogP contribution in [-0.2, 0) is 19.6 Å². The van der Waals surface area contributed by atoms with Gasteiger partial charge < -0.3 is 55.9 Å². The first kappa shape index (κ1) is 61.3. The monoisotopic (exact) mass is 1290 g/mol. The van der Waals surface area contributed by atoms with Crippen molar-refractivity contribution >= 4 is 125 Å². The number of aldehydes is 1. The summed E-state index contributed by atoms with van der Waals surface area (Å²) in [6.45, 7) is 1.78. The third-order valence-electron chi connectivity index (χ3n) is 11.5. The van der Waals surface area contributed by atoms with Crippen molar-refractivity contribution in [3.63, 3.8) is 0 Å². The molecule has 13 rings (SSSR count). The van der Waals surface area contributed by atoms with Crippen LogP contribution in [0.2, 0.25) is 5.15 Å². The molecule has 0 fully saturated rings. The van der Waals surface area contributed by atoms with Crippen molar-refractivity contribution in [2.24, 2.45) is 5.84 Å². The van der Waals surface area contributed by atoms with Gasteiger partial charge in [0.1, 0.15) is 5.15 Å². The van der Waals surface area contributed by atoms with Crippen molar-refractivity contribution in [3.8, 4) is 23.2 Å². The lowest BCUT2D eigenvalue weighted by Crippen LogP contribution is -2.30. The third kappa shape index (κ3) is 14.0. The van der Waals surface area contributed by atoms with Crippen LogP contribution in [0.3, 0.4) is 0 Å². The van der Waals surface area contributed by atoms with E-state index in [-0.39, 0.29) is 78.2 Å². The first-order chi connectivity index (χ1) is 42.8. The topological polar surface area (TPSA) is 546 Å². The van der Waals surface area contributed by atoms with Crippen molar-refractivity contribution in [2.75, 3.05) is 65.5 Å². The minimum Gasteiger partial charge on any atom is -0.461 e. The lowest BCUT2D eigenvalue weighted by molar-refractivity contribution is 0.0927. The number of aliphatic hydroxyl groups excluding tert-OH is 3. The molecule has 13 aromatic heterocycles. The molecule has 0 unspecified atom stereocenters. The summed E-state index contributed by atoms with van der Waals surface area (Å²) < 4.78 is 28.3. The van der Waals surface area contributed by atoms with Gasteiger partial charge in [0, 0.05) is 11.9 Å². The number of aliphatic hydroxyl groups is 3. The Balaban J connectivity index is 0.000000136. The van der Waals surface area contributed by atoms with E-state index in [0.29, 0.717) is 93.9 Å². The lowest BCUT2D eigenvalue weighted by atomic mass is 10.3. The fraction of sp³-hybridized carbons (Fsp3) is 0.167. The molecule has 2 amide bonds. The number of aryl methyl sites for hydroxylation is 1. The maximum atomic E-state index is 11.8. The fourth-order valence-electron chi connectivity index (χ4n) is 7.65. The van der Waals surface area contributed by atoms with Gasteiger partial charge in [-0.15, -0.1) is 10.2 Å². The van der Waals surface area contributed by atoms with Crippen LogP contribution in [0.5, 0.6) is 0 Å². The smallest absolute Gasteiger partial charge is 0.305 e. The summed E-state index contributed by atoms with van der Waals surface area (Å²) in [6, 6.07) is 13.3. The number of furan rings is 4. The normalized spacial score (nSPS) is 10.9. The van der Waals surface area contributed by atoms with Crippen molar-refractivity contribution in [2.45, 2.75) is 19.6 Å². The molecule has 18 N–H and O–H groups in total. The number of aromatic nitrogens is 18. The predicted molar refractivity (Wildman–Crippen MR) is 316 cm³/mol. The van der Waals surface area contributed by atoms with E-state index in [1.807, 2.05) is 0 Å². The van der Waals surface area contributed by atoms with Gasteiger partial charge in [0.2, 0.25) is 35.4 Å². The molecular weight excluding hydrogens is 1240 g/mol. The van der Waals surface area contributed by atoms with Crippen LogP contribution in [0.4, 0.5) is 35.4 Å². The number of nitrogen functional groups attached to an aromatic ring is 4. The van der Waals surface area contributed by atoms with Crippen molar-refractivity contribution in [3.05, 3.63) is 114 Å². The number of carbonyl (C=O) groups excluding carboxylic acids is 3. The Bertz CT molecular complexity index is 4270. The summed E-state index contributed by atoms with van der Waals surface area (Å²) in [5, 5.41) is 49.9. The maximum Gasteiger partial charge on any atom is 0.305 e. The lowest BCUT2D eigenvalue weighted by Gasteiger charge is -2.09. The molecule has 0 radical (unpaired) electrons. The van der Waals surface area contributed by atoms with Gasteiger partial charge >= 0.3 is 11.8 Å². The van der Waals surface area contributed by atoms with Gasteiger partial charge in [0.25, 0.3) is 0 Å². The molecule has 0 spiro atoms. The largest absolute Gasteiger partial charge is 0.461 e. The zero-order valence-corrected chi connectivity index (χ0v) is 47.6. The summed E-state index contributed by atoms with van der Waals surface area (Å²) >= 11 is 9.11. The Kier molecular flexibility index (Phi) is 19.9. The number of nitrogens with zero attached hydrogens (tertiary/aromatic N) is 18. The molecule has 38 nitrogen and oxygen atoms in total. The Morgan fingerprint density at radius 3 is 1.45 bits per heavy atom. The van der Waals surface area contributed by atoms with Crippen LogP contribution in [0.15, 0.2) is 110 Å². The highest BCUT2D eigenvalue weighted by Crippen LogP contribution is 2.26. The summed E-state index contributed by atoms with van der Waals surface area (Å²) in [5.41, 5.74) is 37.9. The van der Waals surface area contributed by atoms with Crippen LogP contribution in [0, 0.1) is 0 Å². The van der Waals surface area contributed by atoms with E-state index < -0.39 is 11.8 Å². The van der Waals surface area contributed by atoms with Gasteiger partial charge in [-0.2, -0.15) is 49.2 Å². The molecule has 88 heavy (non-hydrogen) atoms. The van der Waals surface area contributed by atoms with Crippen molar-refractivity contribution in [1.29, 1.82) is 0 Å². The highest BCUT2D eigenvalue weighted by atomic mass is 79.9. The zero-order valence-electron chi connectivity index (χ0n) is 45.3. The number of hydrogen-bond acceptors (Lipinski definition) is 31. The Morgan fingerprint density at radius 2 is 1.02 bits per heavy atom. The van der Waals surface area contributed by atoms with E-state index in [1.165, 1.54) is 44.6 Å². The summed E-state index contributed by atoms with van der Waals surface area (Å²) in [5.74, 6) is 6.63. The van der Waals surface area contributed by atoms with Gasteiger partial charge in [-0.25, -0.2) is 29.0 Å². The minimum atomic E-state index is -0.546. The number of nitrogens with one attached hydrogen (secondary N) is 5. The number of halogens is 2. The summed E-state index contributed by atoms with van der Waals surface area (Å²) in [4.78, 5) is 67.3. The fourth-order valence-corrected chi connectivity index (χ4v) is 8.21. The molecule has 456 valence electrons. The van der Waals surface area contributed by atoms with E-state index >= 15 is 0 Å². The molecule has 0 aromatic carbocycles. The standard InChI is InChI=1S/C12H10BrN7O.C12H13N7O3.C12H11N7O2.C10H8ClN5O3.C2H8N2O/c13-3-4-19-10-7(6-15-19)11-16-9(8-2-1-5-21-8)18-20(11)12(14)17-10;13-12-15-9(17-18-11(21)8-2-1-5-22-8)7-6-14-19(3-4-20)10(7)16-12;13-12-16-10-7(6-14-18(10)3-4-20)11-15-9(17-19(11)12)8-2-1-5-21-8;11-7-5(4-17)8(14-10(12)13-7)15-16-9(18)6-2-1-3-19-6;3-4-1-2-5/h1-2,5-6H,3-4H2,(H2,14,17);1-2,5-6,20H,3-4H2,(H,18,21)(H3,13,15,16,17);1-2,5-6,20H,3-4H2,(H2,13,16);1-4H,(H,16,18)(H3,12,13,14,15);4-5H,1-3H2. The van der Waals surface area contributed by atoms with Gasteiger partial charge in [0.15, 0.2) is 69.2 Å². The van der Waals surface area contributed by atoms with E-state index in [2.05, 4.69) is 108 Å². The van der Waals surface area contributed by atoms with Crippen LogP contribution in [-0.4, -0.2) is 154 Å². The second kappa shape index (κ2) is 28.6. The number of fused-ring (bicyclic) bond motifs is 7. The summed E-state index contributed by atoms with van der Waals surface area (Å²) in [7, 11) is 0. The maximum absolute atomic E-state index is 11.8. The summed E-state index contributed by atoms with van der Waals surface area (Å²) in [6.07, 6.45) is 11.2. The Morgan fingerprint density at radius 1 is 0.568 bits per heavy atom. The molecule has 13 heterocycles. The van der Waals surface area contributed by atoms with Crippen LogP contribution >= 0.6 is 27.5 Å². The van der Waals surface area contributed by atoms with E-state index in [9.17, 15) is 14.4 Å². The van der Waals surface area contributed by atoms with Crippen molar-refractivity contribution in [1.82, 2.24) is 105 Å². The number of nitrogens with two attached hydrogens (primary N) is 5. The number of anilines is 6. The van der Waals surface area contributed by atoms with Crippen LogP contribution in [0.25, 0.3) is 67.6 Å². The number of hydrogen-bond donors (Lipinski definition) is 13. The zero-order chi connectivity index (χ0) is 62.3. The number of amides is 2. The minimum absolute atomic E-state index is 0.00703. The molecule has 13 aromatic rings.